The minimum Gasteiger partial charge on any atom is -0.338 e. The molecule has 2 rings (SSSR count). The van der Waals surface area contributed by atoms with Crippen molar-refractivity contribution in [3.63, 3.8) is 0 Å². The summed E-state index contributed by atoms with van der Waals surface area (Å²) >= 11 is 5.94. The molecular formula is C12H22ClN5. The van der Waals surface area contributed by atoms with Gasteiger partial charge in [0.25, 0.3) is 0 Å². The Morgan fingerprint density at radius 2 is 1.67 bits per heavy atom. The lowest BCUT2D eigenvalue weighted by molar-refractivity contribution is 0.311. The van der Waals surface area contributed by atoms with Crippen LogP contribution in [0.15, 0.2) is 0 Å². The molecule has 1 aliphatic rings. The third kappa shape index (κ3) is 3.53. The number of aromatic nitrogens is 3. The summed E-state index contributed by atoms with van der Waals surface area (Å²) in [5.41, 5.74) is 0. The van der Waals surface area contributed by atoms with Crippen LogP contribution in [0.3, 0.4) is 0 Å². The summed E-state index contributed by atoms with van der Waals surface area (Å²) in [5, 5.41) is 0.289. The van der Waals surface area contributed by atoms with Gasteiger partial charge in [0.15, 0.2) is 0 Å². The number of anilines is 1. The first kappa shape index (κ1) is 15.1. The Bertz CT molecular complexity index is 388. The highest BCUT2D eigenvalue weighted by molar-refractivity contribution is 6.28. The number of hydrogen-bond acceptors (Lipinski definition) is 5. The Morgan fingerprint density at radius 3 is 2.22 bits per heavy atom. The van der Waals surface area contributed by atoms with E-state index in [0.717, 1.165) is 32.0 Å². The van der Waals surface area contributed by atoms with E-state index in [4.69, 9.17) is 11.6 Å². The van der Waals surface area contributed by atoms with Gasteiger partial charge in [-0.2, -0.15) is 9.97 Å². The van der Waals surface area contributed by atoms with Crippen LogP contribution in [-0.2, 0) is 0 Å². The van der Waals surface area contributed by atoms with Gasteiger partial charge in [0.2, 0.25) is 11.2 Å². The van der Waals surface area contributed by atoms with E-state index in [9.17, 15) is 0 Å². The number of nitrogens with zero attached hydrogens (tertiary/aromatic N) is 5. The molecule has 0 atom stereocenters. The summed E-state index contributed by atoms with van der Waals surface area (Å²) in [7, 11) is 2.12. The van der Waals surface area contributed by atoms with Gasteiger partial charge in [0.1, 0.15) is 5.82 Å². The van der Waals surface area contributed by atoms with Crippen LogP contribution in [0.1, 0.15) is 33.0 Å². The maximum absolute atomic E-state index is 5.94. The van der Waals surface area contributed by atoms with E-state index >= 15 is 0 Å². The lowest BCUT2D eigenvalue weighted by atomic mass is 10.2. The largest absolute Gasteiger partial charge is 0.338 e. The summed E-state index contributed by atoms with van der Waals surface area (Å²) in [6, 6.07) is 0. The van der Waals surface area contributed by atoms with Gasteiger partial charge in [0.05, 0.1) is 0 Å². The van der Waals surface area contributed by atoms with Crippen molar-refractivity contribution in [2.75, 3.05) is 38.1 Å². The topological polar surface area (TPSA) is 45.2 Å². The molecule has 5 nitrogen and oxygen atoms in total. The molecule has 0 spiro atoms. The molecule has 0 saturated carbocycles. The molecule has 18 heavy (non-hydrogen) atoms. The van der Waals surface area contributed by atoms with E-state index in [2.05, 4.69) is 45.6 Å². The van der Waals surface area contributed by atoms with E-state index in [1.807, 2.05) is 0 Å². The van der Waals surface area contributed by atoms with Crippen molar-refractivity contribution in [3.8, 4) is 0 Å². The first-order valence-electron chi connectivity index (χ1n) is 5.91. The van der Waals surface area contributed by atoms with E-state index in [1.165, 1.54) is 0 Å². The minimum absolute atomic E-state index is 0. The second kappa shape index (κ2) is 6.29. The Kier molecular flexibility index (Phi) is 5.28. The van der Waals surface area contributed by atoms with Crippen LogP contribution in [-0.4, -0.2) is 53.1 Å². The first-order chi connectivity index (χ1) is 8.06. The fraction of sp³-hybridized carbons (Fsp3) is 0.750. The van der Waals surface area contributed by atoms with Crippen LogP contribution in [0.25, 0.3) is 0 Å². The smallest absolute Gasteiger partial charge is 0.230 e. The molecule has 0 bridgehead atoms. The molecule has 1 aliphatic heterocycles. The normalized spacial score (nSPS) is 16.8. The van der Waals surface area contributed by atoms with Crippen molar-refractivity contribution in [3.05, 3.63) is 11.1 Å². The number of halogens is 1. The van der Waals surface area contributed by atoms with Gasteiger partial charge in [-0.15, -0.1) is 0 Å². The first-order valence-corrected chi connectivity index (χ1v) is 6.29. The lowest BCUT2D eigenvalue weighted by Crippen LogP contribution is -2.45. The van der Waals surface area contributed by atoms with Gasteiger partial charge < -0.3 is 9.80 Å². The zero-order valence-electron chi connectivity index (χ0n) is 10.5. The molecule has 0 unspecified atom stereocenters. The summed E-state index contributed by atoms with van der Waals surface area (Å²) in [5.74, 6) is 1.74. The third-order valence-corrected chi connectivity index (χ3v) is 3.09. The summed E-state index contributed by atoms with van der Waals surface area (Å²) < 4.78 is 0. The predicted octanol–water partition coefficient (Wildman–Crippen LogP) is 2.04. The lowest BCUT2D eigenvalue weighted by Gasteiger charge is -2.32. The van der Waals surface area contributed by atoms with Crippen molar-refractivity contribution in [2.45, 2.75) is 27.2 Å². The molecule has 1 aromatic heterocycles. The van der Waals surface area contributed by atoms with Crippen molar-refractivity contribution < 1.29 is 0 Å². The van der Waals surface area contributed by atoms with Crippen LogP contribution in [0, 0.1) is 0 Å². The van der Waals surface area contributed by atoms with Crippen molar-refractivity contribution in [1.82, 2.24) is 19.9 Å². The standard InChI is InChI=1S/C11H18ClN5.CH4/c1-8(2)9-13-10(12)15-11(14-9)17-6-4-16(3)5-7-17;/h8H,4-7H2,1-3H3;1H4. The number of likely N-dealkylation sites (N-methyl/N-ethyl adjacent to an activating group) is 1. The maximum atomic E-state index is 5.94. The Morgan fingerprint density at radius 1 is 1.06 bits per heavy atom. The molecule has 1 aromatic rings. The van der Waals surface area contributed by atoms with Gasteiger partial charge in [-0.1, -0.05) is 21.3 Å². The molecule has 6 heteroatoms. The third-order valence-electron chi connectivity index (χ3n) is 2.92. The van der Waals surface area contributed by atoms with Crippen LogP contribution in [0.4, 0.5) is 5.95 Å². The van der Waals surface area contributed by atoms with Crippen LogP contribution in [0.2, 0.25) is 5.28 Å². The van der Waals surface area contributed by atoms with Gasteiger partial charge in [-0.3, -0.25) is 0 Å². The minimum atomic E-state index is 0. The Labute approximate surface area is 114 Å². The van der Waals surface area contributed by atoms with E-state index in [-0.39, 0.29) is 18.6 Å². The molecule has 0 N–H and O–H groups in total. The fourth-order valence-electron chi connectivity index (χ4n) is 1.76. The summed E-state index contributed by atoms with van der Waals surface area (Å²) in [6.45, 7) is 8.04. The van der Waals surface area contributed by atoms with Crippen molar-refractivity contribution in [2.24, 2.45) is 0 Å². The van der Waals surface area contributed by atoms with Crippen molar-refractivity contribution >= 4 is 17.5 Å². The quantitative estimate of drug-likeness (QED) is 0.824. The molecule has 0 amide bonds. The zero-order valence-corrected chi connectivity index (χ0v) is 11.3. The van der Waals surface area contributed by atoms with E-state index in [1.54, 1.807) is 0 Å². The second-order valence-corrected chi connectivity index (χ2v) is 5.05. The van der Waals surface area contributed by atoms with Gasteiger partial charge in [-0.25, -0.2) is 4.98 Å². The molecule has 102 valence electrons. The highest BCUT2D eigenvalue weighted by atomic mass is 35.5. The van der Waals surface area contributed by atoms with Gasteiger partial charge in [-0.05, 0) is 18.6 Å². The predicted molar refractivity (Wildman–Crippen MR) is 75.4 cm³/mol. The van der Waals surface area contributed by atoms with Crippen molar-refractivity contribution in [1.29, 1.82) is 0 Å². The number of rotatable bonds is 2. The number of hydrogen-bond donors (Lipinski definition) is 0. The summed E-state index contributed by atoms with van der Waals surface area (Å²) in [6.07, 6.45) is 0. The summed E-state index contributed by atoms with van der Waals surface area (Å²) in [4.78, 5) is 17.3. The molecule has 0 aliphatic carbocycles. The number of piperazine rings is 1. The van der Waals surface area contributed by atoms with Crippen LogP contribution < -0.4 is 4.90 Å². The average molecular weight is 272 g/mol. The van der Waals surface area contributed by atoms with Crippen LogP contribution >= 0.6 is 11.6 Å². The molecule has 1 fully saturated rings. The molecule has 0 aromatic carbocycles. The van der Waals surface area contributed by atoms with Gasteiger partial charge in [0, 0.05) is 32.1 Å². The SMILES string of the molecule is C.CC(C)c1nc(Cl)nc(N2CCN(C)CC2)n1. The molecular weight excluding hydrogens is 250 g/mol. The Balaban J connectivity index is 0.00000162. The monoisotopic (exact) mass is 271 g/mol. The molecule has 1 saturated heterocycles. The zero-order chi connectivity index (χ0) is 12.4. The Hall–Kier alpha value is -0.940. The maximum Gasteiger partial charge on any atom is 0.230 e. The van der Waals surface area contributed by atoms with Gasteiger partial charge >= 0.3 is 0 Å². The molecule has 0 radical (unpaired) electrons. The highest BCUT2D eigenvalue weighted by Gasteiger charge is 2.18. The average Bonchev–Trinajstić information content (AvgIpc) is 2.29. The second-order valence-electron chi connectivity index (χ2n) is 4.71. The molecule has 2 heterocycles. The van der Waals surface area contributed by atoms with E-state index in [0.29, 0.717) is 5.95 Å². The fourth-order valence-corrected chi connectivity index (χ4v) is 1.92. The highest BCUT2D eigenvalue weighted by Crippen LogP contribution is 2.17. The van der Waals surface area contributed by atoms with Crippen LogP contribution in [0.5, 0.6) is 0 Å². The van der Waals surface area contributed by atoms with E-state index < -0.39 is 0 Å².